The molecule has 8 nitrogen and oxygen atoms in total. The first-order valence-corrected chi connectivity index (χ1v) is 7.12. The predicted octanol–water partition coefficient (Wildman–Crippen LogP) is 1.31. The van der Waals surface area contributed by atoms with Crippen molar-refractivity contribution in [3.63, 3.8) is 0 Å². The molecule has 0 saturated heterocycles. The van der Waals surface area contributed by atoms with E-state index < -0.39 is 37.5 Å². The van der Waals surface area contributed by atoms with Crippen molar-refractivity contribution in [3.05, 3.63) is 32.8 Å². The highest BCUT2D eigenvalue weighted by molar-refractivity contribution is 7.89. The van der Waals surface area contributed by atoms with E-state index in [1.807, 2.05) is 4.72 Å². The van der Waals surface area contributed by atoms with Crippen molar-refractivity contribution in [3.8, 4) is 0 Å². The minimum absolute atomic E-state index is 0.0949. The van der Waals surface area contributed by atoms with Crippen molar-refractivity contribution in [1.29, 1.82) is 0 Å². The number of sulfonamides is 1. The highest BCUT2D eigenvalue weighted by Crippen LogP contribution is 2.29. The van der Waals surface area contributed by atoms with Gasteiger partial charge in [0.1, 0.15) is 6.04 Å². The van der Waals surface area contributed by atoms with Gasteiger partial charge in [-0.2, -0.15) is 4.72 Å². The van der Waals surface area contributed by atoms with Crippen molar-refractivity contribution in [2.24, 2.45) is 0 Å². The zero-order valence-corrected chi connectivity index (χ0v) is 12.0. The zero-order chi connectivity index (χ0) is 15.7. The van der Waals surface area contributed by atoms with E-state index >= 15 is 0 Å². The Morgan fingerprint density at radius 3 is 2.50 bits per heavy atom. The van der Waals surface area contributed by atoms with Crippen molar-refractivity contribution in [2.75, 3.05) is 0 Å². The summed E-state index contributed by atoms with van der Waals surface area (Å²) in [5.74, 6) is -1.37. The summed E-state index contributed by atoms with van der Waals surface area (Å²) in [5.41, 5.74) is -0.331. The molecule has 1 aromatic rings. The second-order valence-corrected chi connectivity index (χ2v) is 6.11. The number of benzene rings is 1. The lowest BCUT2D eigenvalue weighted by atomic mass is 10.2. The Morgan fingerprint density at radius 1 is 1.50 bits per heavy atom. The molecule has 0 aromatic heterocycles. The molecule has 20 heavy (non-hydrogen) atoms. The second kappa shape index (κ2) is 5.73. The highest BCUT2D eigenvalue weighted by Gasteiger charge is 2.25. The summed E-state index contributed by atoms with van der Waals surface area (Å²) in [5, 5.41) is 19.4. The Balaban J connectivity index is 3.33. The molecular weight excluding hydrogens is 312 g/mol. The number of hydrogen-bond donors (Lipinski definition) is 2. The number of aliphatic carboxylic acids is 1. The number of nitrogens with one attached hydrogen (secondary N) is 1. The van der Waals surface area contributed by atoms with Crippen LogP contribution in [-0.2, 0) is 14.8 Å². The van der Waals surface area contributed by atoms with Crippen LogP contribution in [0.4, 0.5) is 5.69 Å². The van der Waals surface area contributed by atoms with Crippen LogP contribution in [0.15, 0.2) is 17.0 Å². The molecule has 0 aliphatic carbocycles. The van der Waals surface area contributed by atoms with E-state index in [9.17, 15) is 23.3 Å². The van der Waals surface area contributed by atoms with E-state index in [4.69, 9.17) is 16.7 Å². The molecule has 1 atom stereocenters. The van der Waals surface area contributed by atoms with Crippen molar-refractivity contribution >= 4 is 33.3 Å². The van der Waals surface area contributed by atoms with Crippen LogP contribution in [0.1, 0.15) is 12.5 Å². The lowest BCUT2D eigenvalue weighted by molar-refractivity contribution is -0.385. The number of carbonyl (C=O) groups is 1. The van der Waals surface area contributed by atoms with Crippen LogP contribution in [0.2, 0.25) is 5.02 Å². The summed E-state index contributed by atoms with van der Waals surface area (Å²) in [6, 6.07) is 0.484. The number of nitro groups is 1. The van der Waals surface area contributed by atoms with E-state index in [1.165, 1.54) is 6.92 Å². The third-order valence-corrected chi connectivity index (χ3v) is 4.41. The Bertz CT molecular complexity index is 673. The number of halogens is 1. The number of carboxylic acid groups (broad SMARTS) is 1. The van der Waals surface area contributed by atoms with Gasteiger partial charge in [0.05, 0.1) is 14.8 Å². The number of nitrogens with zero attached hydrogens (tertiary/aromatic N) is 1. The zero-order valence-electron chi connectivity index (χ0n) is 10.5. The van der Waals surface area contributed by atoms with E-state index in [1.54, 1.807) is 0 Å². The smallest absolute Gasteiger partial charge is 0.321 e. The van der Waals surface area contributed by atoms with Crippen LogP contribution in [-0.4, -0.2) is 30.5 Å². The molecule has 0 bridgehead atoms. The third kappa shape index (κ3) is 3.44. The number of nitro benzene ring substituents is 1. The van der Waals surface area contributed by atoms with E-state index in [0.29, 0.717) is 0 Å². The number of carboxylic acids is 1. The highest BCUT2D eigenvalue weighted by atomic mass is 35.5. The summed E-state index contributed by atoms with van der Waals surface area (Å²) in [7, 11) is -4.22. The lowest BCUT2D eigenvalue weighted by Gasteiger charge is -2.11. The van der Waals surface area contributed by atoms with Gasteiger partial charge in [0.2, 0.25) is 10.0 Å². The number of rotatable bonds is 5. The van der Waals surface area contributed by atoms with Crippen LogP contribution in [0, 0.1) is 17.0 Å². The molecular formula is C10H11ClN2O6S. The van der Waals surface area contributed by atoms with Crippen LogP contribution >= 0.6 is 11.6 Å². The summed E-state index contributed by atoms with van der Waals surface area (Å²) in [6.07, 6.45) is 0. The summed E-state index contributed by atoms with van der Waals surface area (Å²) in [4.78, 5) is 20.2. The van der Waals surface area contributed by atoms with Crippen LogP contribution in [0.3, 0.4) is 0 Å². The van der Waals surface area contributed by atoms with Gasteiger partial charge in [-0.15, -0.1) is 0 Å². The average molecular weight is 323 g/mol. The molecule has 0 saturated carbocycles. The van der Waals surface area contributed by atoms with Crippen LogP contribution in [0.25, 0.3) is 0 Å². The van der Waals surface area contributed by atoms with Crippen LogP contribution < -0.4 is 4.72 Å². The van der Waals surface area contributed by atoms with Crippen molar-refractivity contribution < 1.29 is 23.2 Å². The molecule has 110 valence electrons. The van der Waals surface area contributed by atoms with Gasteiger partial charge >= 0.3 is 5.97 Å². The Hall–Kier alpha value is -1.71. The first-order chi connectivity index (χ1) is 9.06. The standard InChI is InChI=1S/C10H11ClN2O6S/c1-5-8(11)3-7(4-9(5)13(16)17)20(18,19)12-6(2)10(14)15/h3-4,6,12H,1-2H3,(H,14,15)/t6-/m1/s1. The van der Waals surface area contributed by atoms with Gasteiger partial charge in [0.25, 0.3) is 5.69 Å². The summed E-state index contributed by atoms with van der Waals surface area (Å²) >= 11 is 5.76. The molecule has 2 N–H and O–H groups in total. The summed E-state index contributed by atoms with van der Waals surface area (Å²) in [6.45, 7) is 2.51. The Kier molecular flexibility index (Phi) is 4.69. The molecule has 0 heterocycles. The maximum Gasteiger partial charge on any atom is 0.321 e. The molecule has 0 amide bonds. The fraction of sp³-hybridized carbons (Fsp3) is 0.300. The molecule has 1 rings (SSSR count). The molecule has 0 fully saturated rings. The Labute approximate surface area is 119 Å². The van der Waals surface area contributed by atoms with E-state index in [2.05, 4.69) is 0 Å². The Morgan fingerprint density at radius 2 is 2.05 bits per heavy atom. The van der Waals surface area contributed by atoms with E-state index in [-0.39, 0.29) is 10.6 Å². The topological polar surface area (TPSA) is 127 Å². The first-order valence-electron chi connectivity index (χ1n) is 5.26. The number of hydrogen-bond acceptors (Lipinski definition) is 5. The maximum atomic E-state index is 11.9. The van der Waals surface area contributed by atoms with Crippen LogP contribution in [0.5, 0.6) is 0 Å². The monoisotopic (exact) mass is 322 g/mol. The van der Waals surface area contributed by atoms with Crippen molar-refractivity contribution in [2.45, 2.75) is 24.8 Å². The minimum Gasteiger partial charge on any atom is -0.480 e. The largest absolute Gasteiger partial charge is 0.480 e. The molecule has 1 aromatic carbocycles. The fourth-order valence-corrected chi connectivity index (χ4v) is 2.86. The van der Waals surface area contributed by atoms with Gasteiger partial charge in [-0.1, -0.05) is 11.6 Å². The fourth-order valence-electron chi connectivity index (χ4n) is 1.34. The average Bonchev–Trinajstić information content (AvgIpc) is 2.31. The maximum absolute atomic E-state index is 11.9. The minimum atomic E-state index is -4.22. The van der Waals surface area contributed by atoms with Gasteiger partial charge in [0, 0.05) is 11.6 Å². The van der Waals surface area contributed by atoms with Gasteiger partial charge < -0.3 is 5.11 Å². The van der Waals surface area contributed by atoms with Crippen molar-refractivity contribution in [1.82, 2.24) is 4.72 Å². The normalized spacial score (nSPS) is 12.9. The first kappa shape index (κ1) is 16.3. The molecule has 0 spiro atoms. The van der Waals surface area contributed by atoms with E-state index in [0.717, 1.165) is 19.1 Å². The molecule has 0 aliphatic heterocycles. The third-order valence-electron chi connectivity index (χ3n) is 2.50. The molecule has 0 aliphatic rings. The summed E-state index contributed by atoms with van der Waals surface area (Å²) < 4.78 is 25.7. The van der Waals surface area contributed by atoms with Gasteiger partial charge in [-0.3, -0.25) is 14.9 Å². The van der Waals surface area contributed by atoms with Gasteiger partial charge in [-0.25, -0.2) is 8.42 Å². The molecule has 0 unspecified atom stereocenters. The lowest BCUT2D eigenvalue weighted by Crippen LogP contribution is -2.38. The molecule has 0 radical (unpaired) electrons. The van der Waals surface area contributed by atoms with Gasteiger partial charge in [0.15, 0.2) is 0 Å². The quantitative estimate of drug-likeness (QED) is 0.621. The predicted molar refractivity (Wildman–Crippen MR) is 70.3 cm³/mol. The SMILES string of the molecule is Cc1c(Cl)cc(S(=O)(=O)N[C@H](C)C(=O)O)cc1[N+](=O)[O-]. The second-order valence-electron chi connectivity index (χ2n) is 3.99. The molecule has 10 heteroatoms. The van der Waals surface area contributed by atoms with Gasteiger partial charge in [-0.05, 0) is 19.9 Å².